The zero-order valence-electron chi connectivity index (χ0n) is 15.7. The van der Waals surface area contributed by atoms with E-state index in [2.05, 4.69) is 20.6 Å². The number of nitrogens with one attached hydrogen (secondary N) is 2. The summed E-state index contributed by atoms with van der Waals surface area (Å²) in [5.74, 6) is 0.568. The van der Waals surface area contributed by atoms with Crippen LogP contribution in [0.25, 0.3) is 0 Å². The maximum Gasteiger partial charge on any atom is 0.226 e. The van der Waals surface area contributed by atoms with Crippen molar-refractivity contribution in [3.05, 3.63) is 65.0 Å². The van der Waals surface area contributed by atoms with Gasteiger partial charge in [-0.15, -0.1) is 0 Å². The maximum absolute atomic E-state index is 13.7. The van der Waals surface area contributed by atoms with Crippen LogP contribution in [-0.2, 0) is 22.5 Å². The largest absolute Gasteiger partial charge is 0.376 e. The summed E-state index contributed by atoms with van der Waals surface area (Å²) in [6, 6.07) is 11.3. The monoisotopic (exact) mass is 382 g/mol. The van der Waals surface area contributed by atoms with Crippen LogP contribution in [0.5, 0.6) is 0 Å². The number of amides is 1. The molecule has 3 atom stereocenters. The second-order valence-corrected chi connectivity index (χ2v) is 7.18. The smallest absolute Gasteiger partial charge is 0.226 e. The van der Waals surface area contributed by atoms with E-state index in [1.165, 1.54) is 0 Å². The first-order valence-electron chi connectivity index (χ1n) is 9.45. The van der Waals surface area contributed by atoms with Crippen LogP contribution < -0.4 is 10.6 Å². The summed E-state index contributed by atoms with van der Waals surface area (Å²) in [5, 5.41) is 6.12. The average Bonchev–Trinajstić information content (AvgIpc) is 3.29. The highest BCUT2D eigenvalue weighted by molar-refractivity contribution is 6.02. The van der Waals surface area contributed by atoms with E-state index in [0.29, 0.717) is 24.7 Å². The number of carbonyl (C=O) groups excluding carboxylic acids is 1. The molecule has 4 rings (SSSR count). The molecule has 0 spiro atoms. The fourth-order valence-electron chi connectivity index (χ4n) is 3.48. The van der Waals surface area contributed by atoms with Gasteiger partial charge in [-0.05, 0) is 24.1 Å². The molecule has 2 aliphatic rings. The number of halogens is 1. The quantitative estimate of drug-likeness (QED) is 0.830. The van der Waals surface area contributed by atoms with Crippen LogP contribution in [0.4, 0.5) is 4.39 Å². The molecule has 0 unspecified atom stereocenters. The van der Waals surface area contributed by atoms with Crippen LogP contribution in [0, 0.1) is 0 Å². The number of benzene rings is 1. The Bertz CT molecular complexity index is 887. The number of ether oxygens (including phenoxy) is 1. The number of hydrogen-bond donors (Lipinski definition) is 2. The third-order valence-electron chi connectivity index (χ3n) is 5.06. The molecule has 146 valence electrons. The van der Waals surface area contributed by atoms with Crippen molar-refractivity contribution in [2.75, 3.05) is 13.2 Å². The molecule has 0 radical (unpaired) electrons. The van der Waals surface area contributed by atoms with Gasteiger partial charge < -0.3 is 15.4 Å². The summed E-state index contributed by atoms with van der Waals surface area (Å²) in [5.41, 5.74) is 3.61. The zero-order valence-corrected chi connectivity index (χ0v) is 15.7. The van der Waals surface area contributed by atoms with Crippen LogP contribution in [-0.4, -0.2) is 42.2 Å². The molecule has 1 saturated heterocycles. The second-order valence-electron chi connectivity index (χ2n) is 7.18. The van der Waals surface area contributed by atoms with Crippen LogP contribution >= 0.6 is 0 Å². The molecule has 0 saturated carbocycles. The summed E-state index contributed by atoms with van der Waals surface area (Å²) in [6.07, 6.45) is 0.880. The molecule has 2 aliphatic heterocycles. The van der Waals surface area contributed by atoms with E-state index in [4.69, 9.17) is 4.74 Å². The van der Waals surface area contributed by atoms with Crippen LogP contribution in [0.2, 0.25) is 0 Å². The minimum Gasteiger partial charge on any atom is -0.376 e. The third kappa shape index (κ3) is 4.04. The number of aromatic nitrogens is 1. The van der Waals surface area contributed by atoms with E-state index in [9.17, 15) is 9.18 Å². The number of amidine groups is 1. The standard InChI is InChI=1S/C21H23FN4O2/c1-13(14-5-3-2-4-6-14)25-20(27)8-16-7-15-9-24-21(17(15)10-23-16)26-19-12-28-11-18(19)22/h2-7,10,13,18-19H,8-9,11-12H2,1H3,(H,24,26)(H,25,27)/t13-,18+,19-/m1/s1. The molecule has 3 heterocycles. The van der Waals surface area contributed by atoms with Crippen molar-refractivity contribution in [1.82, 2.24) is 15.6 Å². The first kappa shape index (κ1) is 18.6. The Morgan fingerprint density at radius 2 is 2.14 bits per heavy atom. The molecule has 0 bridgehead atoms. The van der Waals surface area contributed by atoms with Crippen molar-refractivity contribution < 1.29 is 13.9 Å². The number of carbonyl (C=O) groups is 1. The van der Waals surface area contributed by atoms with Crippen molar-refractivity contribution >= 4 is 11.7 Å². The molecular formula is C21H23FN4O2. The molecule has 7 heteroatoms. The van der Waals surface area contributed by atoms with Gasteiger partial charge in [-0.3, -0.25) is 14.8 Å². The first-order valence-corrected chi connectivity index (χ1v) is 9.45. The highest BCUT2D eigenvalue weighted by Crippen LogP contribution is 2.20. The van der Waals surface area contributed by atoms with Crippen LogP contribution in [0.15, 0.2) is 47.6 Å². The normalized spacial score (nSPS) is 21.7. The maximum atomic E-state index is 13.7. The number of rotatable bonds is 5. The van der Waals surface area contributed by atoms with Gasteiger partial charge in [0.05, 0.1) is 44.0 Å². The lowest BCUT2D eigenvalue weighted by atomic mass is 10.1. The minimum atomic E-state index is -1.03. The Kier molecular flexibility index (Phi) is 5.34. The molecule has 1 aromatic heterocycles. The predicted octanol–water partition coefficient (Wildman–Crippen LogP) is 2.09. The number of aliphatic imine (C=N–C) groups is 1. The van der Waals surface area contributed by atoms with Crippen LogP contribution in [0.3, 0.4) is 0 Å². The van der Waals surface area contributed by atoms with Gasteiger partial charge in [0.1, 0.15) is 12.0 Å². The fourth-order valence-corrected chi connectivity index (χ4v) is 3.48. The Morgan fingerprint density at radius 3 is 2.89 bits per heavy atom. The van der Waals surface area contributed by atoms with Gasteiger partial charge in [-0.25, -0.2) is 4.39 Å². The van der Waals surface area contributed by atoms with Crippen molar-refractivity contribution in [2.24, 2.45) is 4.99 Å². The third-order valence-corrected chi connectivity index (χ3v) is 5.06. The zero-order chi connectivity index (χ0) is 19.5. The van der Waals surface area contributed by atoms with Gasteiger partial charge in [0.2, 0.25) is 5.91 Å². The van der Waals surface area contributed by atoms with E-state index < -0.39 is 6.17 Å². The predicted molar refractivity (Wildman–Crippen MR) is 104 cm³/mol. The first-order chi connectivity index (χ1) is 13.6. The molecule has 2 N–H and O–H groups in total. The Hall–Kier alpha value is -2.80. The van der Waals surface area contributed by atoms with Gasteiger partial charge in [0.15, 0.2) is 0 Å². The number of nitrogens with zero attached hydrogens (tertiary/aromatic N) is 2. The molecule has 1 amide bonds. The summed E-state index contributed by atoms with van der Waals surface area (Å²) >= 11 is 0. The minimum absolute atomic E-state index is 0.0652. The van der Waals surface area contributed by atoms with Gasteiger partial charge in [-0.1, -0.05) is 30.3 Å². The van der Waals surface area contributed by atoms with E-state index in [-0.39, 0.29) is 31.0 Å². The Balaban J connectivity index is 1.36. The highest BCUT2D eigenvalue weighted by Gasteiger charge is 2.30. The van der Waals surface area contributed by atoms with Crippen molar-refractivity contribution in [2.45, 2.75) is 38.1 Å². The SMILES string of the molecule is C[C@@H](NC(=O)Cc1cc2c(cn1)C(N[C@@H]1COC[C@@H]1F)=NC2)c1ccccc1. The molecule has 2 aromatic rings. The number of fused-ring (bicyclic) bond motifs is 1. The van der Waals surface area contributed by atoms with Gasteiger partial charge in [0.25, 0.3) is 0 Å². The fraction of sp³-hybridized carbons (Fsp3) is 0.381. The number of alkyl halides is 1. The van der Waals surface area contributed by atoms with Crippen molar-refractivity contribution in [3.63, 3.8) is 0 Å². The van der Waals surface area contributed by atoms with E-state index >= 15 is 0 Å². The molecule has 28 heavy (non-hydrogen) atoms. The second kappa shape index (κ2) is 8.06. The molecule has 6 nitrogen and oxygen atoms in total. The lowest BCUT2D eigenvalue weighted by Crippen LogP contribution is -2.40. The summed E-state index contributed by atoms with van der Waals surface area (Å²) in [7, 11) is 0. The van der Waals surface area contributed by atoms with Crippen molar-refractivity contribution in [3.8, 4) is 0 Å². The van der Waals surface area contributed by atoms with Gasteiger partial charge in [0, 0.05) is 11.8 Å². The lowest BCUT2D eigenvalue weighted by Gasteiger charge is -2.15. The summed E-state index contributed by atoms with van der Waals surface area (Å²) in [6.45, 7) is 2.91. The summed E-state index contributed by atoms with van der Waals surface area (Å²) < 4.78 is 18.9. The molecule has 0 aliphatic carbocycles. The van der Waals surface area contributed by atoms with E-state index in [0.717, 1.165) is 16.7 Å². The average molecular weight is 382 g/mol. The number of pyridine rings is 1. The van der Waals surface area contributed by atoms with Gasteiger partial charge in [-0.2, -0.15) is 0 Å². The lowest BCUT2D eigenvalue weighted by molar-refractivity contribution is -0.121. The van der Waals surface area contributed by atoms with Gasteiger partial charge >= 0.3 is 0 Å². The summed E-state index contributed by atoms with van der Waals surface area (Å²) in [4.78, 5) is 21.2. The number of hydrogen-bond acceptors (Lipinski definition) is 5. The Labute approximate surface area is 163 Å². The van der Waals surface area contributed by atoms with E-state index in [1.54, 1.807) is 6.20 Å². The Morgan fingerprint density at radius 1 is 1.32 bits per heavy atom. The topological polar surface area (TPSA) is 75.6 Å². The van der Waals surface area contributed by atoms with Crippen LogP contribution in [0.1, 0.15) is 35.3 Å². The molecule has 1 fully saturated rings. The van der Waals surface area contributed by atoms with Crippen molar-refractivity contribution in [1.29, 1.82) is 0 Å². The van der Waals surface area contributed by atoms with E-state index in [1.807, 2.05) is 43.3 Å². The molecular weight excluding hydrogens is 359 g/mol. The molecule has 1 aromatic carbocycles. The highest BCUT2D eigenvalue weighted by atomic mass is 19.1.